The van der Waals surface area contributed by atoms with Crippen LogP contribution in [0.4, 0.5) is 0 Å². The Morgan fingerprint density at radius 2 is 2.11 bits per heavy atom. The van der Waals surface area contributed by atoms with Gasteiger partial charge >= 0.3 is 0 Å². The van der Waals surface area contributed by atoms with E-state index in [1.165, 1.54) is 32.1 Å². The SMILES string of the molecule is COc1cccc(CN2CCCC3CCCC32)c1O. The standard InChI is InChI=1S/C16H23NO2/c1-19-15-9-3-6-13(16(15)18)11-17-10-4-7-12-5-2-8-14(12)17/h3,6,9,12,14,18H,2,4-5,7-8,10-11H2,1H3. The Labute approximate surface area is 115 Å². The molecule has 2 aliphatic rings. The molecule has 0 bridgehead atoms. The van der Waals surface area contributed by atoms with Crippen molar-refractivity contribution in [3.05, 3.63) is 23.8 Å². The number of hydrogen-bond acceptors (Lipinski definition) is 3. The van der Waals surface area contributed by atoms with Gasteiger partial charge in [0.2, 0.25) is 0 Å². The summed E-state index contributed by atoms with van der Waals surface area (Å²) in [4.78, 5) is 2.57. The first-order valence-electron chi connectivity index (χ1n) is 7.38. The van der Waals surface area contributed by atoms with Gasteiger partial charge in [0.05, 0.1) is 7.11 Å². The number of likely N-dealkylation sites (tertiary alicyclic amines) is 1. The van der Waals surface area contributed by atoms with Crippen LogP contribution < -0.4 is 4.74 Å². The normalized spacial score (nSPS) is 27.2. The molecule has 1 saturated heterocycles. The minimum absolute atomic E-state index is 0.310. The smallest absolute Gasteiger partial charge is 0.162 e. The fourth-order valence-electron chi connectivity index (χ4n) is 3.83. The molecule has 1 aliphatic carbocycles. The highest BCUT2D eigenvalue weighted by molar-refractivity contribution is 5.45. The molecule has 0 radical (unpaired) electrons. The van der Waals surface area contributed by atoms with Gasteiger partial charge in [-0.3, -0.25) is 4.90 Å². The fourth-order valence-corrected chi connectivity index (χ4v) is 3.83. The molecule has 1 aliphatic heterocycles. The Kier molecular flexibility index (Phi) is 3.65. The van der Waals surface area contributed by atoms with E-state index in [1.807, 2.05) is 18.2 Å². The summed E-state index contributed by atoms with van der Waals surface area (Å²) < 4.78 is 5.19. The summed E-state index contributed by atoms with van der Waals surface area (Å²) in [7, 11) is 1.60. The molecule has 1 heterocycles. The second kappa shape index (κ2) is 5.41. The molecule has 0 spiro atoms. The van der Waals surface area contributed by atoms with Crippen LogP contribution in [0.3, 0.4) is 0 Å². The van der Waals surface area contributed by atoms with Gasteiger partial charge in [0, 0.05) is 18.2 Å². The van der Waals surface area contributed by atoms with Crippen LogP contribution in [0, 0.1) is 5.92 Å². The average molecular weight is 261 g/mol. The predicted octanol–water partition coefficient (Wildman–Crippen LogP) is 3.17. The monoisotopic (exact) mass is 261 g/mol. The molecule has 2 unspecified atom stereocenters. The van der Waals surface area contributed by atoms with Crippen LogP contribution in [0.1, 0.15) is 37.7 Å². The van der Waals surface area contributed by atoms with Crippen molar-refractivity contribution in [2.24, 2.45) is 5.92 Å². The van der Waals surface area contributed by atoms with Crippen molar-refractivity contribution in [1.29, 1.82) is 0 Å². The van der Waals surface area contributed by atoms with E-state index in [9.17, 15) is 5.11 Å². The van der Waals surface area contributed by atoms with Crippen molar-refractivity contribution in [3.63, 3.8) is 0 Å². The van der Waals surface area contributed by atoms with Crippen LogP contribution in [-0.2, 0) is 6.54 Å². The zero-order valence-corrected chi connectivity index (χ0v) is 11.6. The maximum Gasteiger partial charge on any atom is 0.162 e. The van der Waals surface area contributed by atoms with Gasteiger partial charge in [0.25, 0.3) is 0 Å². The van der Waals surface area contributed by atoms with Crippen molar-refractivity contribution >= 4 is 0 Å². The number of piperidine rings is 1. The molecule has 3 rings (SSSR count). The average Bonchev–Trinajstić information content (AvgIpc) is 2.90. The molecule has 1 aromatic rings. The van der Waals surface area contributed by atoms with Crippen LogP contribution in [0.25, 0.3) is 0 Å². The first kappa shape index (κ1) is 12.8. The Morgan fingerprint density at radius 3 is 2.95 bits per heavy atom. The largest absolute Gasteiger partial charge is 0.504 e. The minimum Gasteiger partial charge on any atom is -0.504 e. The third kappa shape index (κ3) is 2.44. The highest BCUT2D eigenvalue weighted by Gasteiger charge is 2.35. The number of phenolic OH excluding ortho intramolecular Hbond substituents is 1. The van der Waals surface area contributed by atoms with Crippen LogP contribution in [0.5, 0.6) is 11.5 Å². The number of aromatic hydroxyl groups is 1. The summed E-state index contributed by atoms with van der Waals surface area (Å²) >= 11 is 0. The van der Waals surface area contributed by atoms with Gasteiger partial charge in [-0.2, -0.15) is 0 Å². The molecule has 1 saturated carbocycles. The zero-order chi connectivity index (χ0) is 13.2. The van der Waals surface area contributed by atoms with Crippen molar-refractivity contribution < 1.29 is 9.84 Å². The Balaban J connectivity index is 1.77. The molecule has 3 heteroatoms. The molecule has 104 valence electrons. The van der Waals surface area contributed by atoms with Crippen molar-refractivity contribution in [2.45, 2.75) is 44.7 Å². The third-order valence-electron chi connectivity index (χ3n) is 4.78. The maximum atomic E-state index is 10.2. The van der Waals surface area contributed by atoms with Crippen molar-refractivity contribution in [1.82, 2.24) is 4.90 Å². The summed E-state index contributed by atoms with van der Waals surface area (Å²) in [6.07, 6.45) is 6.79. The van der Waals surface area contributed by atoms with Crippen molar-refractivity contribution in [2.75, 3.05) is 13.7 Å². The first-order valence-corrected chi connectivity index (χ1v) is 7.38. The highest BCUT2D eigenvalue weighted by Crippen LogP contribution is 2.39. The van der Waals surface area contributed by atoms with Crippen LogP contribution in [0.2, 0.25) is 0 Å². The number of para-hydroxylation sites is 1. The number of rotatable bonds is 3. The molecular weight excluding hydrogens is 238 g/mol. The Bertz CT molecular complexity index is 446. The lowest BCUT2D eigenvalue weighted by Crippen LogP contribution is -2.41. The minimum atomic E-state index is 0.310. The lowest BCUT2D eigenvalue weighted by molar-refractivity contribution is 0.105. The molecule has 1 aromatic carbocycles. The highest BCUT2D eigenvalue weighted by atomic mass is 16.5. The van der Waals surface area contributed by atoms with E-state index in [0.29, 0.717) is 11.5 Å². The van der Waals surface area contributed by atoms with Gasteiger partial charge in [0.1, 0.15) is 0 Å². The molecule has 19 heavy (non-hydrogen) atoms. The molecule has 1 N–H and O–H groups in total. The molecule has 0 amide bonds. The third-order valence-corrected chi connectivity index (χ3v) is 4.78. The Morgan fingerprint density at radius 1 is 1.26 bits per heavy atom. The first-order chi connectivity index (χ1) is 9.29. The van der Waals surface area contributed by atoms with E-state index < -0.39 is 0 Å². The van der Waals surface area contributed by atoms with Gasteiger partial charge in [-0.1, -0.05) is 18.6 Å². The van der Waals surface area contributed by atoms with E-state index in [1.54, 1.807) is 7.11 Å². The van der Waals surface area contributed by atoms with E-state index in [2.05, 4.69) is 4.90 Å². The van der Waals surface area contributed by atoms with Gasteiger partial charge < -0.3 is 9.84 Å². The number of fused-ring (bicyclic) bond motifs is 1. The summed E-state index contributed by atoms with van der Waals surface area (Å²) in [5, 5.41) is 10.2. The van der Waals surface area contributed by atoms with Crippen LogP contribution >= 0.6 is 0 Å². The maximum absolute atomic E-state index is 10.2. The van der Waals surface area contributed by atoms with E-state index >= 15 is 0 Å². The van der Waals surface area contributed by atoms with Gasteiger partial charge in [-0.25, -0.2) is 0 Å². The van der Waals surface area contributed by atoms with Crippen LogP contribution in [0.15, 0.2) is 18.2 Å². The lowest BCUT2D eigenvalue weighted by Gasteiger charge is -2.37. The summed E-state index contributed by atoms with van der Waals surface area (Å²) in [5.74, 6) is 1.78. The van der Waals surface area contributed by atoms with Crippen LogP contribution in [-0.4, -0.2) is 29.7 Å². The van der Waals surface area contributed by atoms with E-state index in [0.717, 1.165) is 30.6 Å². The second-order valence-corrected chi connectivity index (χ2v) is 5.84. The molecule has 2 atom stereocenters. The predicted molar refractivity (Wildman–Crippen MR) is 75.4 cm³/mol. The number of ether oxygens (including phenoxy) is 1. The van der Waals surface area contributed by atoms with Crippen molar-refractivity contribution in [3.8, 4) is 11.5 Å². The summed E-state index contributed by atoms with van der Waals surface area (Å²) in [5.41, 5.74) is 0.993. The quantitative estimate of drug-likeness (QED) is 0.907. The summed E-state index contributed by atoms with van der Waals surface area (Å²) in [6.45, 7) is 2.02. The van der Waals surface area contributed by atoms with Gasteiger partial charge in [-0.15, -0.1) is 0 Å². The number of methoxy groups -OCH3 is 1. The van der Waals surface area contributed by atoms with Gasteiger partial charge in [-0.05, 0) is 44.2 Å². The number of phenols is 1. The topological polar surface area (TPSA) is 32.7 Å². The molecular formula is C16H23NO2. The van der Waals surface area contributed by atoms with E-state index in [4.69, 9.17) is 4.74 Å². The zero-order valence-electron chi connectivity index (χ0n) is 11.6. The Hall–Kier alpha value is -1.22. The molecule has 3 nitrogen and oxygen atoms in total. The van der Waals surface area contributed by atoms with E-state index in [-0.39, 0.29) is 0 Å². The number of benzene rings is 1. The second-order valence-electron chi connectivity index (χ2n) is 5.84. The lowest BCUT2D eigenvalue weighted by atomic mass is 9.91. The van der Waals surface area contributed by atoms with Gasteiger partial charge in [0.15, 0.2) is 11.5 Å². The fraction of sp³-hybridized carbons (Fsp3) is 0.625. The molecule has 0 aromatic heterocycles. The summed E-state index contributed by atoms with van der Waals surface area (Å²) in [6, 6.07) is 6.52. The number of nitrogens with zero attached hydrogens (tertiary/aromatic N) is 1. The molecule has 2 fully saturated rings. The number of hydrogen-bond donors (Lipinski definition) is 1.